The Morgan fingerprint density at radius 3 is 2.80 bits per heavy atom. The number of hydrogen-bond donors (Lipinski definition) is 2. The van der Waals surface area contributed by atoms with Crippen molar-refractivity contribution in [1.29, 1.82) is 0 Å². The maximum Gasteiger partial charge on any atom is 0.415 e. The number of hydrogen-bond acceptors (Lipinski definition) is 6. The SMILES string of the molecule is C[C@]1(c2cc(Br)cnc2F)N=C(N(COCC[Si](C)(C)C)C(=O)O)SC2(CO)CC21. The smallest absolute Gasteiger partial charge is 0.415 e. The van der Waals surface area contributed by atoms with Crippen LogP contribution in [0.1, 0.15) is 18.9 Å². The Bertz CT molecular complexity index is 871. The van der Waals surface area contributed by atoms with Gasteiger partial charge in [-0.25, -0.2) is 14.7 Å². The van der Waals surface area contributed by atoms with E-state index in [0.717, 1.165) is 10.9 Å². The molecule has 3 atom stereocenters. The lowest BCUT2D eigenvalue weighted by molar-refractivity contribution is 0.0701. The van der Waals surface area contributed by atoms with Crippen LogP contribution in [0.25, 0.3) is 0 Å². The third-order valence-electron chi connectivity index (χ3n) is 5.62. The molecule has 166 valence electrons. The number of amides is 1. The quantitative estimate of drug-likeness (QED) is 0.240. The standard InChI is InChI=1S/C19H27BrFN3O4SSi/c1-18(13-7-12(20)9-22-15(13)21)14-8-19(14,10-25)29-16(23-18)24(17(26)27)11-28-5-6-30(2,3)4/h7,9,14,25H,5-6,8,10-11H2,1-4H3,(H,26,27)/t14?,18-,19?/m1/s1. The largest absolute Gasteiger partial charge is 0.465 e. The highest BCUT2D eigenvalue weighted by molar-refractivity contribution is 9.10. The molecule has 2 unspecified atom stereocenters. The van der Waals surface area contributed by atoms with E-state index in [1.165, 1.54) is 18.0 Å². The van der Waals surface area contributed by atoms with E-state index in [1.807, 2.05) is 0 Å². The Balaban J connectivity index is 1.92. The molecule has 2 N–H and O–H groups in total. The zero-order valence-corrected chi connectivity index (χ0v) is 20.9. The molecule has 11 heteroatoms. The second-order valence-electron chi connectivity index (χ2n) is 9.17. The fourth-order valence-electron chi connectivity index (χ4n) is 3.67. The lowest BCUT2D eigenvalue weighted by Crippen LogP contribution is -2.44. The second-order valence-corrected chi connectivity index (χ2v) is 17.1. The van der Waals surface area contributed by atoms with Gasteiger partial charge < -0.3 is 14.9 Å². The van der Waals surface area contributed by atoms with Gasteiger partial charge in [-0.05, 0) is 41.4 Å². The van der Waals surface area contributed by atoms with E-state index >= 15 is 0 Å². The van der Waals surface area contributed by atoms with Crippen LogP contribution in [0, 0.1) is 11.9 Å². The van der Waals surface area contributed by atoms with Crippen molar-refractivity contribution in [3.63, 3.8) is 0 Å². The van der Waals surface area contributed by atoms with Crippen LogP contribution < -0.4 is 0 Å². The number of pyridine rings is 1. The highest BCUT2D eigenvalue weighted by Gasteiger charge is 2.67. The van der Waals surface area contributed by atoms with Crippen LogP contribution in [-0.2, 0) is 10.3 Å². The van der Waals surface area contributed by atoms with E-state index < -0.39 is 30.4 Å². The monoisotopic (exact) mass is 519 g/mol. The second kappa shape index (κ2) is 8.49. The molecule has 2 aliphatic rings. The zero-order valence-electron chi connectivity index (χ0n) is 17.5. The number of aromatic nitrogens is 1. The fourth-order valence-corrected chi connectivity index (χ4v) is 6.28. The van der Waals surface area contributed by atoms with Crippen molar-refractivity contribution in [3.05, 3.63) is 28.2 Å². The van der Waals surface area contributed by atoms with Crippen LogP contribution in [0.4, 0.5) is 9.18 Å². The third kappa shape index (κ3) is 4.74. The van der Waals surface area contributed by atoms with Gasteiger partial charge in [0.25, 0.3) is 0 Å². The fraction of sp³-hybridized carbons (Fsp3) is 0.632. The van der Waals surface area contributed by atoms with Crippen LogP contribution in [0.3, 0.4) is 0 Å². The molecule has 1 aromatic rings. The average molecular weight is 520 g/mol. The normalized spacial score (nSPS) is 28.0. The summed E-state index contributed by atoms with van der Waals surface area (Å²) >= 11 is 4.56. The van der Waals surface area contributed by atoms with Gasteiger partial charge in [-0.1, -0.05) is 31.4 Å². The summed E-state index contributed by atoms with van der Waals surface area (Å²) in [5, 5.41) is 20.0. The first-order chi connectivity index (χ1) is 13.9. The molecule has 0 aromatic carbocycles. The van der Waals surface area contributed by atoms with Gasteiger partial charge in [0.05, 0.1) is 16.9 Å². The molecule has 2 heterocycles. The number of aliphatic hydroxyl groups excluding tert-OH is 1. The van der Waals surface area contributed by atoms with Gasteiger partial charge in [0.2, 0.25) is 5.95 Å². The maximum absolute atomic E-state index is 14.6. The van der Waals surface area contributed by atoms with Gasteiger partial charge in [0.1, 0.15) is 6.73 Å². The third-order valence-corrected chi connectivity index (χ3v) is 9.24. The van der Waals surface area contributed by atoms with Crippen molar-refractivity contribution in [2.75, 3.05) is 19.9 Å². The molecule has 1 aromatic heterocycles. The molecule has 1 aliphatic carbocycles. The molecule has 0 saturated heterocycles. The van der Waals surface area contributed by atoms with E-state index in [-0.39, 0.29) is 30.0 Å². The summed E-state index contributed by atoms with van der Waals surface area (Å²) in [6, 6.07) is 2.53. The molecular weight excluding hydrogens is 493 g/mol. The summed E-state index contributed by atoms with van der Waals surface area (Å²) in [6.45, 7) is 8.58. The van der Waals surface area contributed by atoms with Gasteiger partial charge in [0.15, 0.2) is 5.17 Å². The number of aliphatic hydroxyl groups is 1. The van der Waals surface area contributed by atoms with Crippen molar-refractivity contribution in [1.82, 2.24) is 9.88 Å². The number of carbonyl (C=O) groups is 1. The molecule has 3 rings (SSSR count). The molecule has 0 bridgehead atoms. The van der Waals surface area contributed by atoms with E-state index in [0.29, 0.717) is 17.5 Å². The topological polar surface area (TPSA) is 95.2 Å². The molecule has 0 spiro atoms. The summed E-state index contributed by atoms with van der Waals surface area (Å²) in [7, 11) is -1.31. The van der Waals surface area contributed by atoms with E-state index in [4.69, 9.17) is 9.73 Å². The summed E-state index contributed by atoms with van der Waals surface area (Å²) < 4.78 is 20.3. The van der Waals surface area contributed by atoms with E-state index in [1.54, 1.807) is 13.0 Å². The van der Waals surface area contributed by atoms with Crippen LogP contribution >= 0.6 is 27.7 Å². The van der Waals surface area contributed by atoms with E-state index in [9.17, 15) is 19.4 Å². The van der Waals surface area contributed by atoms with Crippen LogP contribution in [-0.4, -0.2) is 64.1 Å². The molecular formula is C19H27BrFN3O4SSi. The van der Waals surface area contributed by atoms with Gasteiger partial charge in [-0.2, -0.15) is 4.39 Å². The van der Waals surface area contributed by atoms with Crippen molar-refractivity contribution in [2.45, 2.75) is 49.3 Å². The average Bonchev–Trinajstić information content (AvgIpc) is 3.38. The summed E-state index contributed by atoms with van der Waals surface area (Å²) in [6.07, 6.45) is 0.775. The molecule has 0 radical (unpaired) electrons. The number of nitrogens with zero attached hydrogens (tertiary/aromatic N) is 3. The molecule has 1 amide bonds. The van der Waals surface area contributed by atoms with Gasteiger partial charge in [-0.3, -0.25) is 4.99 Å². The summed E-state index contributed by atoms with van der Waals surface area (Å²) in [5.74, 6) is -0.777. The minimum absolute atomic E-state index is 0.127. The Morgan fingerprint density at radius 2 is 2.20 bits per heavy atom. The van der Waals surface area contributed by atoms with Crippen LogP contribution in [0.5, 0.6) is 0 Å². The number of fused-ring (bicyclic) bond motifs is 1. The van der Waals surface area contributed by atoms with Gasteiger partial charge in [-0.15, -0.1) is 0 Å². The number of rotatable bonds is 7. The first-order valence-electron chi connectivity index (χ1n) is 9.71. The lowest BCUT2D eigenvalue weighted by atomic mass is 9.87. The summed E-state index contributed by atoms with van der Waals surface area (Å²) in [4.78, 5) is 21.5. The van der Waals surface area contributed by atoms with Gasteiger partial charge >= 0.3 is 6.09 Å². The number of aliphatic imine (C=N–C) groups is 1. The Morgan fingerprint density at radius 1 is 1.50 bits per heavy atom. The lowest BCUT2D eigenvalue weighted by Gasteiger charge is -2.36. The van der Waals surface area contributed by atoms with Crippen LogP contribution in [0.15, 0.2) is 21.7 Å². The number of amidine groups is 1. The molecule has 1 aliphatic heterocycles. The molecule has 1 saturated carbocycles. The number of halogens is 2. The van der Waals surface area contributed by atoms with Crippen molar-refractivity contribution in [2.24, 2.45) is 10.9 Å². The van der Waals surface area contributed by atoms with Gasteiger partial charge in [0, 0.05) is 36.8 Å². The number of ether oxygens (including phenoxy) is 1. The first-order valence-corrected chi connectivity index (χ1v) is 15.0. The first kappa shape index (κ1) is 23.6. The summed E-state index contributed by atoms with van der Waals surface area (Å²) in [5.41, 5.74) is -0.768. The highest BCUT2D eigenvalue weighted by Crippen LogP contribution is 2.66. The number of thioether (sulfide) groups is 1. The van der Waals surface area contributed by atoms with E-state index in [2.05, 4.69) is 40.6 Å². The molecule has 30 heavy (non-hydrogen) atoms. The highest BCUT2D eigenvalue weighted by atomic mass is 79.9. The Hall–Kier alpha value is -1.01. The zero-order chi connectivity index (χ0) is 22.3. The predicted octanol–water partition coefficient (Wildman–Crippen LogP) is 4.34. The Kier molecular flexibility index (Phi) is 6.69. The van der Waals surface area contributed by atoms with Crippen molar-refractivity contribution >= 4 is 47.0 Å². The Labute approximate surface area is 189 Å². The predicted molar refractivity (Wildman–Crippen MR) is 121 cm³/mol. The van der Waals surface area contributed by atoms with Crippen molar-refractivity contribution < 1.29 is 24.1 Å². The maximum atomic E-state index is 14.6. The molecule has 1 fully saturated rings. The minimum atomic E-state index is -1.31. The molecule has 7 nitrogen and oxygen atoms in total. The number of carboxylic acid groups (broad SMARTS) is 1. The van der Waals surface area contributed by atoms with Crippen LogP contribution in [0.2, 0.25) is 25.7 Å². The minimum Gasteiger partial charge on any atom is -0.465 e. The van der Waals surface area contributed by atoms with Crippen molar-refractivity contribution in [3.8, 4) is 0 Å².